The van der Waals surface area contributed by atoms with Crippen LogP contribution in [0, 0.1) is 0 Å². The third kappa shape index (κ3) is 23.3. The van der Waals surface area contributed by atoms with Crippen LogP contribution in [0.15, 0.2) is 0 Å². The zero-order valence-electron chi connectivity index (χ0n) is 21.5. The zero-order chi connectivity index (χ0) is 26.2. The van der Waals surface area contributed by atoms with Crippen molar-refractivity contribution in [2.75, 3.05) is 13.1 Å². The Bertz CT molecular complexity index is 588. The molecule has 35 heavy (non-hydrogen) atoms. The van der Waals surface area contributed by atoms with Gasteiger partial charge in [0.15, 0.2) is 6.04 Å². The van der Waals surface area contributed by atoms with Gasteiger partial charge in [0.05, 0.1) is 0 Å². The van der Waals surface area contributed by atoms with Gasteiger partial charge in [-0.15, -0.1) is 0 Å². The fraction of sp³-hybridized carbons (Fsp3) is 0.840. The van der Waals surface area contributed by atoms with Crippen molar-refractivity contribution in [3.63, 3.8) is 0 Å². The molecule has 0 aromatic rings. The van der Waals surface area contributed by atoms with Crippen molar-refractivity contribution < 1.29 is 35.2 Å². The van der Waals surface area contributed by atoms with E-state index in [9.17, 15) is 19.2 Å². The first-order valence-electron chi connectivity index (χ1n) is 13.4. The molecule has 0 aliphatic heterocycles. The largest absolute Gasteiger partial charge is 0.481 e. The van der Waals surface area contributed by atoms with Crippen LogP contribution in [0.4, 0.5) is 0 Å². The van der Waals surface area contributed by atoms with Crippen LogP contribution in [0.1, 0.15) is 116 Å². The Morgan fingerprint density at radius 3 is 1.51 bits per heavy atom. The van der Waals surface area contributed by atoms with Crippen LogP contribution in [0.5, 0.6) is 0 Å². The summed E-state index contributed by atoms with van der Waals surface area (Å²) in [5, 5.41) is 23.1. The summed E-state index contributed by atoms with van der Waals surface area (Å²) in [7, 11) is 0. The lowest BCUT2D eigenvalue weighted by atomic mass is 10.0. The van der Waals surface area contributed by atoms with Crippen LogP contribution in [0.2, 0.25) is 0 Å². The molecule has 10 heteroatoms. The van der Waals surface area contributed by atoms with Gasteiger partial charge in [-0.3, -0.25) is 25.0 Å². The first-order chi connectivity index (χ1) is 16.9. The third-order valence-electron chi connectivity index (χ3n) is 6.00. The van der Waals surface area contributed by atoms with Crippen LogP contribution in [0.25, 0.3) is 0 Å². The van der Waals surface area contributed by atoms with Gasteiger partial charge in [0.1, 0.15) is 0 Å². The molecular weight excluding hydrogens is 452 g/mol. The average molecular weight is 502 g/mol. The van der Waals surface area contributed by atoms with Gasteiger partial charge in [-0.2, -0.15) is 5.43 Å². The second-order valence-electron chi connectivity index (χ2n) is 9.18. The van der Waals surface area contributed by atoms with Crippen molar-refractivity contribution in [1.29, 1.82) is 0 Å². The Morgan fingerprint density at radius 1 is 0.571 bits per heavy atom. The van der Waals surface area contributed by atoms with E-state index in [0.29, 0.717) is 38.8 Å². The number of hydrogen-bond donors (Lipinski definition) is 6. The molecule has 1 unspecified atom stereocenters. The van der Waals surface area contributed by atoms with E-state index >= 15 is 0 Å². The van der Waals surface area contributed by atoms with Gasteiger partial charge in [-0.05, 0) is 32.1 Å². The van der Waals surface area contributed by atoms with E-state index in [-0.39, 0.29) is 24.7 Å². The Morgan fingerprint density at radius 2 is 1.03 bits per heavy atom. The second kappa shape index (κ2) is 23.5. The molecular formula is C25H49N4O6+. The first kappa shape index (κ1) is 32.8. The van der Waals surface area contributed by atoms with Gasteiger partial charge in [0.2, 0.25) is 11.8 Å². The predicted molar refractivity (Wildman–Crippen MR) is 134 cm³/mol. The molecule has 8 N–H and O–H groups in total. The maximum absolute atomic E-state index is 11.9. The molecule has 0 aliphatic carbocycles. The highest BCUT2D eigenvalue weighted by atomic mass is 16.4. The topological polar surface area (TPSA) is 172 Å². The number of carbonyl (C=O) groups is 4. The molecule has 1 atom stereocenters. The molecule has 0 aromatic carbocycles. The van der Waals surface area contributed by atoms with Crippen molar-refractivity contribution in [3.05, 3.63) is 0 Å². The number of aliphatic carboxylic acids is 2. The molecule has 204 valence electrons. The van der Waals surface area contributed by atoms with Crippen LogP contribution >= 0.6 is 0 Å². The van der Waals surface area contributed by atoms with Gasteiger partial charge >= 0.3 is 11.9 Å². The smallest absolute Gasteiger partial charge is 0.326 e. The highest BCUT2D eigenvalue weighted by Crippen LogP contribution is 2.13. The molecule has 0 saturated heterocycles. The van der Waals surface area contributed by atoms with E-state index in [0.717, 1.165) is 38.5 Å². The number of nitrogens with one attached hydrogen (secondary N) is 3. The lowest BCUT2D eigenvalue weighted by molar-refractivity contribution is -0.449. The SMILES string of the molecule is [NH3+]NC(CCCCNC(=O)CCNC(=O)CCCCCCCCCCCCCCC(=O)O)C(=O)O. The molecule has 0 aliphatic rings. The molecule has 0 radical (unpaired) electrons. The minimum atomic E-state index is -0.925. The molecule has 0 spiro atoms. The van der Waals surface area contributed by atoms with Crippen LogP contribution in [0.3, 0.4) is 0 Å². The van der Waals surface area contributed by atoms with Crippen molar-refractivity contribution in [2.45, 2.75) is 122 Å². The molecule has 2 amide bonds. The van der Waals surface area contributed by atoms with Crippen molar-refractivity contribution >= 4 is 23.8 Å². The molecule has 10 nitrogen and oxygen atoms in total. The first-order valence-corrected chi connectivity index (χ1v) is 13.4. The van der Waals surface area contributed by atoms with Crippen molar-refractivity contribution in [2.24, 2.45) is 0 Å². The van der Waals surface area contributed by atoms with Gasteiger partial charge in [-0.1, -0.05) is 64.2 Å². The van der Waals surface area contributed by atoms with E-state index in [1.54, 1.807) is 0 Å². The molecule has 0 saturated carbocycles. The Labute approximate surface area is 210 Å². The van der Waals surface area contributed by atoms with Crippen molar-refractivity contribution in [1.82, 2.24) is 16.1 Å². The monoisotopic (exact) mass is 501 g/mol. The molecule has 0 bridgehead atoms. The Balaban J connectivity index is 3.39. The maximum atomic E-state index is 11.9. The van der Waals surface area contributed by atoms with E-state index in [1.165, 1.54) is 38.5 Å². The summed E-state index contributed by atoms with van der Waals surface area (Å²) in [6.45, 7) is 0.821. The number of amides is 2. The lowest BCUT2D eigenvalue weighted by Crippen LogP contribution is -2.70. The molecule has 0 heterocycles. The molecule has 0 rings (SSSR count). The fourth-order valence-electron chi connectivity index (χ4n) is 3.84. The van der Waals surface area contributed by atoms with Gasteiger partial charge in [0, 0.05) is 32.4 Å². The second-order valence-corrected chi connectivity index (χ2v) is 9.18. The number of carbonyl (C=O) groups excluding carboxylic acids is 2. The van der Waals surface area contributed by atoms with E-state index in [1.807, 2.05) is 0 Å². The predicted octanol–water partition coefficient (Wildman–Crippen LogP) is 2.52. The molecule has 0 fully saturated rings. The number of quaternary nitrogens is 1. The summed E-state index contributed by atoms with van der Waals surface area (Å²) in [6, 6.07) is -0.661. The van der Waals surface area contributed by atoms with Crippen molar-refractivity contribution in [3.8, 4) is 0 Å². The van der Waals surface area contributed by atoms with E-state index in [4.69, 9.17) is 10.2 Å². The van der Waals surface area contributed by atoms with Gasteiger partial charge in [0.25, 0.3) is 0 Å². The highest BCUT2D eigenvalue weighted by molar-refractivity contribution is 5.78. The number of carboxylic acid groups (broad SMARTS) is 2. The van der Waals surface area contributed by atoms with Crippen LogP contribution in [-0.2, 0) is 19.2 Å². The average Bonchev–Trinajstić information content (AvgIpc) is 2.81. The molecule has 0 aromatic heterocycles. The minimum absolute atomic E-state index is 0.0125. The number of rotatable bonds is 25. The number of hydrogen-bond acceptors (Lipinski definition) is 5. The third-order valence-corrected chi connectivity index (χ3v) is 6.00. The summed E-state index contributed by atoms with van der Waals surface area (Å²) < 4.78 is 0. The number of carboxylic acids is 2. The minimum Gasteiger partial charge on any atom is -0.481 e. The fourth-order valence-corrected chi connectivity index (χ4v) is 3.84. The van der Waals surface area contributed by atoms with E-state index in [2.05, 4.69) is 21.9 Å². The van der Waals surface area contributed by atoms with Crippen LogP contribution in [-0.4, -0.2) is 53.1 Å². The summed E-state index contributed by atoms with van der Waals surface area (Å²) in [5.41, 5.74) is 2.49. The van der Waals surface area contributed by atoms with Gasteiger partial charge < -0.3 is 20.8 Å². The zero-order valence-corrected chi connectivity index (χ0v) is 21.5. The number of unbranched alkanes of at least 4 members (excludes halogenated alkanes) is 12. The summed E-state index contributed by atoms with van der Waals surface area (Å²) in [5.74, 6) is 1.64. The lowest BCUT2D eigenvalue weighted by Gasteiger charge is -2.09. The normalized spacial score (nSPS) is 11.7. The van der Waals surface area contributed by atoms with Crippen LogP contribution < -0.4 is 21.9 Å². The van der Waals surface area contributed by atoms with E-state index < -0.39 is 18.0 Å². The summed E-state index contributed by atoms with van der Waals surface area (Å²) in [6.07, 6.45) is 16.2. The standard InChI is InChI=1S/C25H48N4O6/c26-29-21(25(34)35)15-13-14-19-27-23(31)18-20-28-22(30)16-11-9-7-5-3-1-2-4-6-8-10-12-17-24(32)33/h21,29H,1-20,26H2,(H,27,31)(H,28,30)(H,32,33)(H,34,35)/p+1. The quantitative estimate of drug-likeness (QED) is 0.0823. The van der Waals surface area contributed by atoms with Gasteiger partial charge in [-0.25, -0.2) is 0 Å². The highest BCUT2D eigenvalue weighted by Gasteiger charge is 2.16. The maximum Gasteiger partial charge on any atom is 0.326 e. The Kier molecular flexibility index (Phi) is 22.1. The summed E-state index contributed by atoms with van der Waals surface area (Å²) in [4.78, 5) is 45.0. The Hall–Kier alpha value is -2.20. The summed E-state index contributed by atoms with van der Waals surface area (Å²) >= 11 is 0.